The Balaban J connectivity index is 1.75. The van der Waals surface area contributed by atoms with Gasteiger partial charge in [0.15, 0.2) is 0 Å². The lowest BCUT2D eigenvalue weighted by molar-refractivity contribution is 0.0784. The van der Waals surface area contributed by atoms with Crippen molar-refractivity contribution in [3.8, 4) is 0 Å². The Morgan fingerprint density at radius 2 is 1.68 bits per heavy atom. The number of hydrogen-bond acceptors (Lipinski definition) is 4. The first-order chi connectivity index (χ1) is 12.0. The molecule has 0 spiro atoms. The van der Waals surface area contributed by atoms with Crippen LogP contribution in [0.25, 0.3) is 0 Å². The van der Waals surface area contributed by atoms with Crippen molar-refractivity contribution in [2.75, 3.05) is 19.8 Å². The summed E-state index contributed by atoms with van der Waals surface area (Å²) in [5, 5.41) is 0. The number of thioether (sulfide) groups is 1. The minimum absolute atomic E-state index is 0.183. The van der Waals surface area contributed by atoms with Crippen molar-refractivity contribution in [2.45, 2.75) is 34.3 Å². The fourth-order valence-corrected chi connectivity index (χ4v) is 5.35. The molecule has 25 heavy (non-hydrogen) atoms. The van der Waals surface area contributed by atoms with Gasteiger partial charge in [-0.25, -0.2) is 13.1 Å². The highest BCUT2D eigenvalue weighted by Crippen LogP contribution is 2.40. The second kappa shape index (κ2) is 7.91. The monoisotopic (exact) mass is 377 g/mol. The molecule has 0 amide bonds. The van der Waals surface area contributed by atoms with Gasteiger partial charge in [-0.2, -0.15) is 0 Å². The van der Waals surface area contributed by atoms with E-state index in [0.29, 0.717) is 24.7 Å². The molecule has 4 nitrogen and oxygen atoms in total. The lowest BCUT2D eigenvalue weighted by Crippen LogP contribution is -2.44. The maximum absolute atomic E-state index is 12.6. The van der Waals surface area contributed by atoms with E-state index in [1.54, 1.807) is 23.9 Å². The average molecular weight is 378 g/mol. The SMILES string of the molecule is Cc1ccc(S(=O)(=O)NCC2(Sc3ccccc3)CCOCC2)cc1. The third kappa shape index (κ3) is 4.85. The molecule has 1 saturated heterocycles. The summed E-state index contributed by atoms with van der Waals surface area (Å²) in [7, 11) is -3.51. The van der Waals surface area contributed by atoms with E-state index in [-0.39, 0.29) is 4.75 Å². The molecule has 0 saturated carbocycles. The molecular weight excluding hydrogens is 354 g/mol. The molecule has 1 heterocycles. The maximum atomic E-state index is 12.6. The fourth-order valence-electron chi connectivity index (χ4n) is 2.82. The lowest BCUT2D eigenvalue weighted by Gasteiger charge is -2.36. The number of benzene rings is 2. The van der Waals surface area contributed by atoms with E-state index in [4.69, 9.17) is 4.74 Å². The zero-order valence-electron chi connectivity index (χ0n) is 14.3. The summed E-state index contributed by atoms with van der Waals surface area (Å²) in [5.74, 6) is 0. The summed E-state index contributed by atoms with van der Waals surface area (Å²) in [5.41, 5.74) is 1.04. The predicted octanol–water partition coefficient (Wildman–Crippen LogP) is 3.61. The lowest BCUT2D eigenvalue weighted by atomic mass is 9.99. The summed E-state index contributed by atoms with van der Waals surface area (Å²) in [6.45, 7) is 3.65. The maximum Gasteiger partial charge on any atom is 0.240 e. The first kappa shape index (κ1) is 18.5. The normalized spacial score (nSPS) is 17.3. The molecular formula is C19H23NO3S2. The minimum atomic E-state index is -3.51. The van der Waals surface area contributed by atoms with Gasteiger partial charge < -0.3 is 4.74 Å². The quantitative estimate of drug-likeness (QED) is 0.835. The molecule has 2 aromatic carbocycles. The van der Waals surface area contributed by atoms with Crippen LogP contribution >= 0.6 is 11.8 Å². The van der Waals surface area contributed by atoms with Crippen LogP contribution < -0.4 is 4.72 Å². The van der Waals surface area contributed by atoms with Gasteiger partial charge in [-0.1, -0.05) is 35.9 Å². The van der Waals surface area contributed by atoms with Gasteiger partial charge >= 0.3 is 0 Å². The van der Waals surface area contributed by atoms with E-state index in [9.17, 15) is 8.42 Å². The Morgan fingerprint density at radius 3 is 2.32 bits per heavy atom. The first-order valence-electron chi connectivity index (χ1n) is 8.37. The molecule has 1 aliphatic heterocycles. The Kier molecular flexibility index (Phi) is 5.84. The molecule has 6 heteroatoms. The topological polar surface area (TPSA) is 55.4 Å². The van der Waals surface area contributed by atoms with Crippen molar-refractivity contribution in [3.05, 3.63) is 60.2 Å². The van der Waals surface area contributed by atoms with Gasteiger partial charge in [0.1, 0.15) is 0 Å². The van der Waals surface area contributed by atoms with E-state index in [0.717, 1.165) is 23.3 Å². The molecule has 2 aromatic rings. The van der Waals surface area contributed by atoms with E-state index in [1.165, 1.54) is 0 Å². The van der Waals surface area contributed by atoms with Crippen LogP contribution in [0.2, 0.25) is 0 Å². The fraction of sp³-hybridized carbons (Fsp3) is 0.368. The van der Waals surface area contributed by atoms with Crippen LogP contribution in [0.3, 0.4) is 0 Å². The van der Waals surface area contributed by atoms with Crippen LogP contribution in [0.4, 0.5) is 0 Å². The number of rotatable bonds is 6. The highest BCUT2D eigenvalue weighted by molar-refractivity contribution is 8.00. The molecule has 0 aromatic heterocycles. The Morgan fingerprint density at radius 1 is 1.04 bits per heavy atom. The Hall–Kier alpha value is -1.34. The second-order valence-electron chi connectivity index (χ2n) is 6.35. The predicted molar refractivity (Wildman–Crippen MR) is 101 cm³/mol. The van der Waals surface area contributed by atoms with Crippen molar-refractivity contribution in [1.82, 2.24) is 4.72 Å². The molecule has 134 valence electrons. The number of ether oxygens (including phenoxy) is 1. The molecule has 0 bridgehead atoms. The van der Waals surface area contributed by atoms with Crippen molar-refractivity contribution in [3.63, 3.8) is 0 Å². The zero-order valence-corrected chi connectivity index (χ0v) is 15.9. The summed E-state index contributed by atoms with van der Waals surface area (Å²) in [6, 6.07) is 17.1. The van der Waals surface area contributed by atoms with Crippen LogP contribution in [-0.4, -0.2) is 32.9 Å². The van der Waals surface area contributed by atoms with Gasteiger partial charge in [0, 0.05) is 29.4 Å². The zero-order chi connectivity index (χ0) is 17.8. The number of hydrogen-bond donors (Lipinski definition) is 1. The number of aryl methyl sites for hydroxylation is 1. The van der Waals surface area contributed by atoms with Crippen LogP contribution in [0.15, 0.2) is 64.4 Å². The summed E-state index contributed by atoms with van der Waals surface area (Å²) in [6.07, 6.45) is 1.64. The largest absolute Gasteiger partial charge is 0.381 e. The van der Waals surface area contributed by atoms with Crippen molar-refractivity contribution < 1.29 is 13.2 Å². The van der Waals surface area contributed by atoms with Gasteiger partial charge in [0.05, 0.1) is 4.90 Å². The van der Waals surface area contributed by atoms with Crippen molar-refractivity contribution >= 4 is 21.8 Å². The Labute approximate surface area is 154 Å². The van der Waals surface area contributed by atoms with Gasteiger partial charge in [-0.3, -0.25) is 0 Å². The van der Waals surface area contributed by atoms with Crippen molar-refractivity contribution in [1.29, 1.82) is 0 Å². The second-order valence-corrected chi connectivity index (χ2v) is 9.66. The minimum Gasteiger partial charge on any atom is -0.381 e. The molecule has 1 fully saturated rings. The highest BCUT2D eigenvalue weighted by atomic mass is 32.2. The van der Waals surface area contributed by atoms with Crippen molar-refractivity contribution in [2.24, 2.45) is 0 Å². The van der Waals surface area contributed by atoms with Crippen LogP contribution in [-0.2, 0) is 14.8 Å². The third-order valence-corrected chi connectivity index (χ3v) is 7.31. The molecule has 0 atom stereocenters. The van der Waals surface area contributed by atoms with Crippen LogP contribution in [0.1, 0.15) is 18.4 Å². The number of nitrogens with one attached hydrogen (secondary N) is 1. The average Bonchev–Trinajstić information content (AvgIpc) is 2.62. The van der Waals surface area contributed by atoms with Gasteiger partial charge in [-0.15, -0.1) is 11.8 Å². The Bertz CT molecular complexity index is 783. The molecule has 0 radical (unpaired) electrons. The van der Waals surface area contributed by atoms with E-state index in [2.05, 4.69) is 16.9 Å². The van der Waals surface area contributed by atoms with Gasteiger partial charge in [0.2, 0.25) is 10.0 Å². The van der Waals surface area contributed by atoms with Gasteiger partial charge in [-0.05, 0) is 44.0 Å². The number of sulfonamides is 1. The van der Waals surface area contributed by atoms with Gasteiger partial charge in [0.25, 0.3) is 0 Å². The molecule has 1 aliphatic rings. The third-order valence-electron chi connectivity index (χ3n) is 4.40. The van der Waals surface area contributed by atoms with E-state index < -0.39 is 10.0 Å². The first-order valence-corrected chi connectivity index (χ1v) is 10.7. The molecule has 0 aliphatic carbocycles. The highest BCUT2D eigenvalue weighted by Gasteiger charge is 2.35. The van der Waals surface area contributed by atoms with Crippen LogP contribution in [0.5, 0.6) is 0 Å². The summed E-state index contributed by atoms with van der Waals surface area (Å²) < 4.78 is 33.4. The standard InChI is InChI=1S/C19H23NO3S2/c1-16-7-9-18(10-8-16)25(21,22)20-15-19(11-13-23-14-12-19)24-17-5-3-2-4-6-17/h2-10,20H,11-15H2,1H3. The molecule has 1 N–H and O–H groups in total. The van der Waals surface area contributed by atoms with E-state index in [1.807, 2.05) is 37.3 Å². The van der Waals surface area contributed by atoms with Crippen LogP contribution in [0, 0.1) is 6.92 Å². The smallest absolute Gasteiger partial charge is 0.240 e. The van der Waals surface area contributed by atoms with E-state index >= 15 is 0 Å². The summed E-state index contributed by atoms with van der Waals surface area (Å²) >= 11 is 1.74. The molecule has 0 unspecified atom stereocenters. The summed E-state index contributed by atoms with van der Waals surface area (Å²) in [4.78, 5) is 1.46. The molecule has 3 rings (SSSR count).